The Hall–Kier alpha value is -1.67. The molecule has 8 heteroatoms. The number of nitrogens with one attached hydrogen (secondary N) is 1. The zero-order valence-corrected chi connectivity index (χ0v) is 13.6. The van der Waals surface area contributed by atoms with E-state index in [1.807, 2.05) is 0 Å². The highest BCUT2D eigenvalue weighted by atomic mass is 32.2. The summed E-state index contributed by atoms with van der Waals surface area (Å²) in [6, 6.07) is 3.89. The maximum Gasteiger partial charge on any atom is 0.260 e. The number of halogens is 1. The van der Waals surface area contributed by atoms with Gasteiger partial charge in [-0.1, -0.05) is 6.07 Å². The number of amides is 1. The molecule has 1 aromatic carbocycles. The normalized spacial score (nSPS) is 25.9. The van der Waals surface area contributed by atoms with E-state index in [0.717, 1.165) is 0 Å². The first kappa shape index (κ1) is 16.2. The fourth-order valence-corrected chi connectivity index (χ4v) is 5.10. The van der Waals surface area contributed by atoms with Crippen LogP contribution >= 0.6 is 0 Å². The molecule has 1 N–H and O–H groups in total. The van der Waals surface area contributed by atoms with E-state index >= 15 is 0 Å². The molecule has 2 aliphatic rings. The second-order valence-corrected chi connectivity index (χ2v) is 8.10. The maximum atomic E-state index is 13.5. The number of benzene rings is 1. The minimum atomic E-state index is -3.12. The van der Waals surface area contributed by atoms with Crippen LogP contribution in [0.4, 0.5) is 4.39 Å². The molecule has 0 spiro atoms. The molecule has 23 heavy (non-hydrogen) atoms. The number of piperazine rings is 1. The molecule has 3 rings (SSSR count). The molecule has 2 fully saturated rings. The van der Waals surface area contributed by atoms with Crippen molar-refractivity contribution in [1.29, 1.82) is 0 Å². The Morgan fingerprint density at radius 3 is 3.00 bits per heavy atom. The number of rotatable bonds is 3. The van der Waals surface area contributed by atoms with Crippen LogP contribution in [0.25, 0.3) is 0 Å². The highest BCUT2D eigenvalue weighted by molar-refractivity contribution is 7.91. The topological polar surface area (TPSA) is 75.7 Å². The van der Waals surface area contributed by atoms with E-state index in [-0.39, 0.29) is 41.9 Å². The minimum absolute atomic E-state index is 0.0185. The van der Waals surface area contributed by atoms with Crippen LogP contribution in [0.15, 0.2) is 18.2 Å². The van der Waals surface area contributed by atoms with Crippen LogP contribution in [0.2, 0.25) is 0 Å². The van der Waals surface area contributed by atoms with E-state index in [2.05, 4.69) is 5.32 Å². The van der Waals surface area contributed by atoms with Crippen LogP contribution in [0.1, 0.15) is 5.56 Å². The average Bonchev–Trinajstić information content (AvgIpc) is 2.82. The van der Waals surface area contributed by atoms with Gasteiger partial charge in [-0.2, -0.15) is 0 Å². The third-order valence-corrected chi connectivity index (χ3v) is 6.09. The van der Waals surface area contributed by atoms with Gasteiger partial charge < -0.3 is 15.0 Å². The molecule has 0 saturated carbocycles. The van der Waals surface area contributed by atoms with Crippen LogP contribution < -0.4 is 10.1 Å². The molecule has 0 radical (unpaired) electrons. The number of carbonyl (C=O) groups excluding carboxylic acids is 1. The largest absolute Gasteiger partial charge is 0.483 e. The lowest BCUT2D eigenvalue weighted by Crippen LogP contribution is -2.59. The number of ether oxygens (including phenoxy) is 1. The highest BCUT2D eigenvalue weighted by Crippen LogP contribution is 2.23. The van der Waals surface area contributed by atoms with Crippen LogP contribution in [-0.4, -0.2) is 62.5 Å². The molecular weight excluding hydrogens is 323 g/mol. The zero-order chi connectivity index (χ0) is 16.6. The van der Waals surface area contributed by atoms with Crippen LogP contribution in [0.3, 0.4) is 0 Å². The summed E-state index contributed by atoms with van der Waals surface area (Å²) in [5.41, 5.74) is 0.349. The Balaban J connectivity index is 1.67. The van der Waals surface area contributed by atoms with E-state index in [0.29, 0.717) is 24.4 Å². The molecule has 2 aliphatic heterocycles. The van der Waals surface area contributed by atoms with E-state index in [9.17, 15) is 17.6 Å². The smallest absolute Gasteiger partial charge is 0.260 e. The Labute approximate surface area is 134 Å². The number of hydrogen-bond donors (Lipinski definition) is 1. The minimum Gasteiger partial charge on any atom is -0.483 e. The van der Waals surface area contributed by atoms with Gasteiger partial charge in [0.25, 0.3) is 5.91 Å². The molecule has 126 valence electrons. The number of nitrogens with zero attached hydrogens (tertiary/aromatic N) is 1. The summed E-state index contributed by atoms with van der Waals surface area (Å²) in [5.74, 6) is -0.300. The summed E-state index contributed by atoms with van der Waals surface area (Å²) in [6.45, 7) is 2.36. The third-order valence-electron chi connectivity index (χ3n) is 4.37. The fourth-order valence-electron chi connectivity index (χ4n) is 3.14. The Morgan fingerprint density at radius 2 is 2.22 bits per heavy atom. The van der Waals surface area contributed by atoms with Crippen molar-refractivity contribution in [1.82, 2.24) is 10.2 Å². The predicted octanol–water partition coefficient (Wildman–Crippen LogP) is 0.110. The molecule has 0 bridgehead atoms. The monoisotopic (exact) mass is 342 g/mol. The van der Waals surface area contributed by atoms with Gasteiger partial charge in [0.05, 0.1) is 17.5 Å². The molecule has 1 aromatic rings. The lowest BCUT2D eigenvalue weighted by Gasteiger charge is -2.37. The lowest BCUT2D eigenvalue weighted by atomic mass is 10.1. The average molecular weight is 342 g/mol. The Morgan fingerprint density at radius 1 is 1.43 bits per heavy atom. The molecule has 0 unspecified atom stereocenters. The molecule has 2 saturated heterocycles. The number of sulfone groups is 1. The van der Waals surface area contributed by atoms with Crippen molar-refractivity contribution in [2.75, 3.05) is 31.2 Å². The maximum absolute atomic E-state index is 13.5. The summed E-state index contributed by atoms with van der Waals surface area (Å²) in [5, 5.41) is 3.15. The van der Waals surface area contributed by atoms with Gasteiger partial charge in [-0.25, -0.2) is 12.8 Å². The van der Waals surface area contributed by atoms with Crippen molar-refractivity contribution in [2.45, 2.75) is 19.0 Å². The molecular formula is C15H19FN2O4S. The van der Waals surface area contributed by atoms with Crippen molar-refractivity contribution in [3.8, 4) is 5.75 Å². The van der Waals surface area contributed by atoms with Crippen molar-refractivity contribution in [2.24, 2.45) is 0 Å². The summed E-state index contributed by atoms with van der Waals surface area (Å²) in [4.78, 5) is 14.0. The number of fused-ring (bicyclic) bond motifs is 1. The second-order valence-electron chi connectivity index (χ2n) is 5.94. The van der Waals surface area contributed by atoms with Crippen molar-refractivity contribution < 1.29 is 22.3 Å². The van der Waals surface area contributed by atoms with Gasteiger partial charge in [0.1, 0.15) is 11.6 Å². The first-order chi connectivity index (χ1) is 10.9. The highest BCUT2D eigenvalue weighted by Gasteiger charge is 2.44. The first-order valence-electron chi connectivity index (χ1n) is 7.48. The van der Waals surface area contributed by atoms with Crippen LogP contribution in [0.5, 0.6) is 5.75 Å². The predicted molar refractivity (Wildman–Crippen MR) is 82.6 cm³/mol. The quantitative estimate of drug-likeness (QED) is 0.844. The van der Waals surface area contributed by atoms with E-state index in [1.165, 1.54) is 12.1 Å². The SMILES string of the molecule is Cc1c(F)cccc1OCC(=O)N1CCN[C@@H]2CS(=O)(=O)C[C@@H]21. The van der Waals surface area contributed by atoms with E-state index in [4.69, 9.17) is 4.74 Å². The Bertz CT molecular complexity index is 722. The van der Waals surface area contributed by atoms with Crippen molar-refractivity contribution in [3.63, 3.8) is 0 Å². The van der Waals surface area contributed by atoms with Crippen LogP contribution in [0, 0.1) is 12.7 Å². The molecule has 6 nitrogen and oxygen atoms in total. The van der Waals surface area contributed by atoms with Gasteiger partial charge in [0.2, 0.25) is 0 Å². The third kappa shape index (κ3) is 3.32. The fraction of sp³-hybridized carbons (Fsp3) is 0.533. The standard InChI is InChI=1S/C15H19FN2O4S/c1-10-11(16)3-2-4-14(10)22-7-15(19)18-6-5-17-12-8-23(20,21)9-13(12)18/h2-4,12-13,17H,5-9H2,1H3/t12-,13+/m1/s1. The Kier molecular flexibility index (Phi) is 4.29. The summed E-state index contributed by atoms with van der Waals surface area (Å²) in [7, 11) is -3.12. The summed E-state index contributed by atoms with van der Waals surface area (Å²) in [6.07, 6.45) is 0. The lowest BCUT2D eigenvalue weighted by molar-refractivity contribution is -0.136. The first-order valence-corrected chi connectivity index (χ1v) is 9.31. The van der Waals surface area contributed by atoms with Gasteiger partial charge >= 0.3 is 0 Å². The van der Waals surface area contributed by atoms with Crippen LogP contribution in [-0.2, 0) is 14.6 Å². The van der Waals surface area contributed by atoms with Crippen molar-refractivity contribution in [3.05, 3.63) is 29.6 Å². The van der Waals surface area contributed by atoms with E-state index in [1.54, 1.807) is 17.9 Å². The molecule has 2 heterocycles. The van der Waals surface area contributed by atoms with Gasteiger partial charge in [0, 0.05) is 24.7 Å². The number of carbonyl (C=O) groups is 1. The second kappa shape index (κ2) is 6.09. The summed E-state index contributed by atoms with van der Waals surface area (Å²) < 4.78 is 42.5. The van der Waals surface area contributed by atoms with Gasteiger partial charge in [-0.3, -0.25) is 4.79 Å². The van der Waals surface area contributed by atoms with Gasteiger partial charge in [-0.05, 0) is 19.1 Å². The molecule has 0 aromatic heterocycles. The molecule has 1 amide bonds. The molecule has 0 aliphatic carbocycles. The van der Waals surface area contributed by atoms with Gasteiger partial charge in [-0.15, -0.1) is 0 Å². The van der Waals surface area contributed by atoms with Gasteiger partial charge in [0.15, 0.2) is 16.4 Å². The van der Waals surface area contributed by atoms with Crippen molar-refractivity contribution >= 4 is 15.7 Å². The summed E-state index contributed by atoms with van der Waals surface area (Å²) >= 11 is 0. The molecule has 2 atom stereocenters. The van der Waals surface area contributed by atoms with E-state index < -0.39 is 9.84 Å². The number of hydrogen-bond acceptors (Lipinski definition) is 5. The zero-order valence-electron chi connectivity index (χ0n) is 12.8.